The third-order valence-corrected chi connectivity index (χ3v) is 3.27. The van der Waals surface area contributed by atoms with Crippen molar-refractivity contribution in [2.24, 2.45) is 5.92 Å². The van der Waals surface area contributed by atoms with Crippen molar-refractivity contribution in [2.75, 3.05) is 19.7 Å². The van der Waals surface area contributed by atoms with E-state index < -0.39 is 0 Å². The van der Waals surface area contributed by atoms with Gasteiger partial charge < -0.3 is 5.11 Å². The maximum Gasteiger partial charge on any atom is 0.0471 e. The number of likely N-dealkylation sites (tertiary alicyclic amines) is 1. The maximum absolute atomic E-state index is 9.04. The standard InChI is InChI=1S/C11H19NO/c13-9-10-6-7-12(8-10)11-4-2-1-3-5-11/h2,4,10-11,13H,1,3,5-9H2. The summed E-state index contributed by atoms with van der Waals surface area (Å²) in [5.74, 6) is 0.537. The van der Waals surface area contributed by atoms with Gasteiger partial charge in [-0.3, -0.25) is 4.90 Å². The number of allylic oxidation sites excluding steroid dienone is 1. The predicted octanol–water partition coefficient (Wildman–Crippen LogP) is 1.41. The molecule has 0 radical (unpaired) electrons. The van der Waals surface area contributed by atoms with Crippen molar-refractivity contribution in [3.8, 4) is 0 Å². The Morgan fingerprint density at radius 2 is 2.31 bits per heavy atom. The van der Waals surface area contributed by atoms with Crippen LogP contribution < -0.4 is 0 Å². The molecule has 1 fully saturated rings. The number of rotatable bonds is 2. The summed E-state index contributed by atoms with van der Waals surface area (Å²) in [4.78, 5) is 2.52. The second-order valence-electron chi connectivity index (χ2n) is 4.26. The van der Waals surface area contributed by atoms with Gasteiger partial charge in [0.1, 0.15) is 0 Å². The summed E-state index contributed by atoms with van der Waals surface area (Å²) < 4.78 is 0. The first-order chi connectivity index (χ1) is 6.40. The van der Waals surface area contributed by atoms with Crippen LogP contribution >= 0.6 is 0 Å². The van der Waals surface area contributed by atoms with E-state index in [-0.39, 0.29) is 0 Å². The van der Waals surface area contributed by atoms with Crippen molar-refractivity contribution in [3.05, 3.63) is 12.2 Å². The molecule has 0 aromatic carbocycles. The number of aliphatic hydroxyl groups is 1. The van der Waals surface area contributed by atoms with Gasteiger partial charge in [-0.15, -0.1) is 0 Å². The average Bonchev–Trinajstić information content (AvgIpc) is 2.67. The highest BCUT2D eigenvalue weighted by atomic mass is 16.3. The fourth-order valence-corrected chi connectivity index (χ4v) is 2.41. The van der Waals surface area contributed by atoms with Gasteiger partial charge in [-0.05, 0) is 38.1 Å². The number of nitrogens with zero attached hydrogens (tertiary/aromatic N) is 1. The molecule has 1 aliphatic heterocycles. The minimum Gasteiger partial charge on any atom is -0.396 e. The molecule has 1 N–H and O–H groups in total. The monoisotopic (exact) mass is 181 g/mol. The SMILES string of the molecule is OCC1CCN(C2C=CCCC2)C1. The molecule has 0 amide bonds. The van der Waals surface area contributed by atoms with E-state index in [9.17, 15) is 0 Å². The summed E-state index contributed by atoms with van der Waals surface area (Å²) in [5, 5.41) is 9.04. The second-order valence-corrected chi connectivity index (χ2v) is 4.26. The lowest BCUT2D eigenvalue weighted by Gasteiger charge is -2.27. The predicted molar refractivity (Wildman–Crippen MR) is 53.5 cm³/mol. The minimum absolute atomic E-state index is 0.368. The van der Waals surface area contributed by atoms with Crippen molar-refractivity contribution >= 4 is 0 Å². The Labute approximate surface area is 80.2 Å². The van der Waals surface area contributed by atoms with E-state index in [2.05, 4.69) is 17.1 Å². The van der Waals surface area contributed by atoms with E-state index in [0.717, 1.165) is 6.54 Å². The molecule has 0 spiro atoms. The lowest BCUT2D eigenvalue weighted by Crippen LogP contribution is -2.33. The molecule has 2 heteroatoms. The second kappa shape index (κ2) is 4.25. The van der Waals surface area contributed by atoms with Gasteiger partial charge in [0.15, 0.2) is 0 Å². The van der Waals surface area contributed by atoms with E-state index in [1.54, 1.807) is 0 Å². The minimum atomic E-state index is 0.368. The lowest BCUT2D eigenvalue weighted by molar-refractivity contribution is 0.206. The van der Waals surface area contributed by atoms with Crippen LogP contribution in [0.2, 0.25) is 0 Å². The van der Waals surface area contributed by atoms with Crippen molar-refractivity contribution in [1.29, 1.82) is 0 Å². The summed E-state index contributed by atoms with van der Waals surface area (Å²) in [6.07, 6.45) is 9.74. The van der Waals surface area contributed by atoms with Crippen molar-refractivity contribution < 1.29 is 5.11 Å². The number of hydrogen-bond acceptors (Lipinski definition) is 2. The fourth-order valence-electron chi connectivity index (χ4n) is 2.41. The van der Waals surface area contributed by atoms with Gasteiger partial charge in [-0.1, -0.05) is 12.2 Å². The van der Waals surface area contributed by atoms with Gasteiger partial charge in [-0.25, -0.2) is 0 Å². The molecule has 2 aliphatic rings. The van der Waals surface area contributed by atoms with E-state index in [1.165, 1.54) is 32.2 Å². The molecule has 0 aromatic rings. The van der Waals surface area contributed by atoms with Crippen molar-refractivity contribution in [2.45, 2.75) is 31.7 Å². The van der Waals surface area contributed by atoms with Gasteiger partial charge in [0.2, 0.25) is 0 Å². The molecule has 74 valence electrons. The molecule has 1 aliphatic carbocycles. The quantitative estimate of drug-likeness (QED) is 0.651. The largest absolute Gasteiger partial charge is 0.396 e. The Hall–Kier alpha value is -0.340. The highest BCUT2D eigenvalue weighted by Gasteiger charge is 2.26. The molecule has 1 heterocycles. The van der Waals surface area contributed by atoms with Crippen LogP contribution in [0.3, 0.4) is 0 Å². The van der Waals surface area contributed by atoms with E-state index >= 15 is 0 Å². The Morgan fingerprint density at radius 3 is 2.92 bits per heavy atom. The Bertz CT molecular complexity index is 191. The molecule has 2 nitrogen and oxygen atoms in total. The first kappa shape index (κ1) is 9.22. The zero-order valence-electron chi connectivity index (χ0n) is 8.15. The smallest absolute Gasteiger partial charge is 0.0471 e. The number of hydrogen-bond donors (Lipinski definition) is 1. The van der Waals surface area contributed by atoms with Gasteiger partial charge >= 0.3 is 0 Å². The van der Waals surface area contributed by atoms with E-state index in [4.69, 9.17) is 5.11 Å². The summed E-state index contributed by atoms with van der Waals surface area (Å²) >= 11 is 0. The van der Waals surface area contributed by atoms with Crippen LogP contribution in [0.25, 0.3) is 0 Å². The molecular formula is C11H19NO. The molecule has 1 saturated heterocycles. The molecule has 2 rings (SSSR count). The zero-order chi connectivity index (χ0) is 9.10. The number of aliphatic hydroxyl groups excluding tert-OH is 1. The highest BCUT2D eigenvalue weighted by molar-refractivity contribution is 5.00. The van der Waals surface area contributed by atoms with Gasteiger partial charge in [-0.2, -0.15) is 0 Å². The van der Waals surface area contributed by atoms with Gasteiger partial charge in [0.05, 0.1) is 0 Å². The van der Waals surface area contributed by atoms with Crippen LogP contribution in [0.1, 0.15) is 25.7 Å². The topological polar surface area (TPSA) is 23.5 Å². The van der Waals surface area contributed by atoms with Crippen LogP contribution in [-0.4, -0.2) is 35.7 Å². The van der Waals surface area contributed by atoms with Crippen LogP contribution in [0, 0.1) is 5.92 Å². The van der Waals surface area contributed by atoms with Crippen molar-refractivity contribution in [1.82, 2.24) is 4.90 Å². The Morgan fingerprint density at radius 1 is 1.38 bits per heavy atom. The van der Waals surface area contributed by atoms with Gasteiger partial charge in [0, 0.05) is 19.2 Å². The van der Waals surface area contributed by atoms with Crippen LogP contribution in [0.15, 0.2) is 12.2 Å². The third-order valence-electron chi connectivity index (χ3n) is 3.27. The fraction of sp³-hybridized carbons (Fsp3) is 0.818. The summed E-state index contributed by atoms with van der Waals surface area (Å²) in [6.45, 7) is 2.65. The molecule has 2 atom stereocenters. The first-order valence-corrected chi connectivity index (χ1v) is 5.41. The van der Waals surface area contributed by atoms with Gasteiger partial charge in [0.25, 0.3) is 0 Å². The highest BCUT2D eigenvalue weighted by Crippen LogP contribution is 2.23. The zero-order valence-corrected chi connectivity index (χ0v) is 8.15. The summed E-state index contributed by atoms with van der Waals surface area (Å²) in [7, 11) is 0. The molecule has 0 saturated carbocycles. The Balaban J connectivity index is 1.87. The van der Waals surface area contributed by atoms with E-state index in [0.29, 0.717) is 18.6 Å². The summed E-state index contributed by atoms with van der Waals surface area (Å²) in [5.41, 5.74) is 0. The molecule has 0 aromatic heterocycles. The summed E-state index contributed by atoms with van der Waals surface area (Å²) in [6, 6.07) is 0.672. The maximum atomic E-state index is 9.04. The molecule has 13 heavy (non-hydrogen) atoms. The lowest BCUT2D eigenvalue weighted by atomic mass is 10.0. The Kier molecular flexibility index (Phi) is 3.01. The first-order valence-electron chi connectivity index (χ1n) is 5.41. The molecular weight excluding hydrogens is 162 g/mol. The van der Waals surface area contributed by atoms with Crippen LogP contribution in [-0.2, 0) is 0 Å². The average molecular weight is 181 g/mol. The van der Waals surface area contributed by atoms with Crippen molar-refractivity contribution in [3.63, 3.8) is 0 Å². The van der Waals surface area contributed by atoms with E-state index in [1.807, 2.05) is 0 Å². The normalized spacial score (nSPS) is 35.5. The third kappa shape index (κ3) is 2.12. The van der Waals surface area contributed by atoms with Crippen LogP contribution in [0.5, 0.6) is 0 Å². The molecule has 2 unspecified atom stereocenters. The molecule has 0 bridgehead atoms. The van der Waals surface area contributed by atoms with Crippen LogP contribution in [0.4, 0.5) is 0 Å².